The monoisotopic (exact) mass is 323 g/mol. The minimum Gasteiger partial charge on any atom is -0.481 e. The van der Waals surface area contributed by atoms with Crippen LogP contribution in [0.2, 0.25) is 5.02 Å². The van der Waals surface area contributed by atoms with Crippen LogP contribution in [-0.4, -0.2) is 17.0 Å². The maximum Gasteiger partial charge on any atom is 0.309 e. The first-order valence-electron chi connectivity index (χ1n) is 7.35. The summed E-state index contributed by atoms with van der Waals surface area (Å²) in [6.07, 6.45) is 1.03. The zero-order valence-corrected chi connectivity index (χ0v) is 14.1. The third-order valence-electron chi connectivity index (χ3n) is 5.96. The summed E-state index contributed by atoms with van der Waals surface area (Å²) in [5.41, 5.74) is -1.67. The first-order chi connectivity index (χ1) is 10.0. The summed E-state index contributed by atoms with van der Waals surface area (Å²) in [4.78, 5) is 24.5. The fraction of sp³-hybridized carbons (Fsp3) is 0.529. The van der Waals surface area contributed by atoms with E-state index in [1.54, 1.807) is 31.2 Å². The number of aliphatic carboxylic acids is 1. The lowest BCUT2D eigenvalue weighted by Gasteiger charge is -2.44. The Bertz CT molecular complexity index is 611. The Morgan fingerprint density at radius 2 is 1.55 bits per heavy atom. The molecule has 120 valence electrons. The van der Waals surface area contributed by atoms with Crippen molar-refractivity contribution in [3.63, 3.8) is 0 Å². The zero-order chi connectivity index (χ0) is 16.8. The van der Waals surface area contributed by atoms with Gasteiger partial charge < -0.3 is 10.4 Å². The number of carboxylic acid groups (broad SMARTS) is 1. The molecule has 1 aliphatic carbocycles. The standard InChI is InChI=1S/C17H22ClNO3/c1-15(2)16(3,9-10-17(15,4)14(21)22)13(20)19-12-7-5-11(18)6-8-12/h5-8H,9-10H2,1-4H3,(H,19,20)(H,21,22). The minimum atomic E-state index is -0.918. The molecule has 1 saturated carbocycles. The lowest BCUT2D eigenvalue weighted by molar-refractivity contribution is -0.157. The number of benzene rings is 1. The molecule has 0 radical (unpaired) electrons. The van der Waals surface area contributed by atoms with Crippen molar-refractivity contribution < 1.29 is 14.7 Å². The Balaban J connectivity index is 2.29. The van der Waals surface area contributed by atoms with Gasteiger partial charge in [-0.2, -0.15) is 0 Å². The number of carbonyl (C=O) groups is 2. The number of halogens is 1. The van der Waals surface area contributed by atoms with E-state index >= 15 is 0 Å². The number of rotatable bonds is 3. The predicted octanol–water partition coefficient (Wildman–Crippen LogP) is 4.20. The number of anilines is 1. The van der Waals surface area contributed by atoms with Gasteiger partial charge in [-0.3, -0.25) is 9.59 Å². The molecule has 0 bridgehead atoms. The van der Waals surface area contributed by atoms with Crippen molar-refractivity contribution in [3.8, 4) is 0 Å². The molecule has 0 aromatic heterocycles. The first kappa shape index (κ1) is 16.8. The maximum absolute atomic E-state index is 12.8. The Morgan fingerprint density at radius 3 is 2.00 bits per heavy atom. The quantitative estimate of drug-likeness (QED) is 0.876. The van der Waals surface area contributed by atoms with Crippen molar-refractivity contribution in [1.82, 2.24) is 0 Å². The second-order valence-corrected chi connectivity index (χ2v) is 7.49. The number of hydrogen-bond acceptors (Lipinski definition) is 2. The molecule has 1 aromatic rings. The number of nitrogens with one attached hydrogen (secondary N) is 1. The molecule has 4 nitrogen and oxygen atoms in total. The highest BCUT2D eigenvalue weighted by Crippen LogP contribution is 2.62. The van der Waals surface area contributed by atoms with Gasteiger partial charge in [0.15, 0.2) is 0 Å². The van der Waals surface area contributed by atoms with Gasteiger partial charge in [0.05, 0.1) is 10.8 Å². The van der Waals surface area contributed by atoms with E-state index in [4.69, 9.17) is 11.6 Å². The lowest BCUT2D eigenvalue weighted by Crippen LogP contribution is -2.49. The van der Waals surface area contributed by atoms with Crippen LogP contribution in [0.5, 0.6) is 0 Å². The largest absolute Gasteiger partial charge is 0.481 e. The van der Waals surface area contributed by atoms with Gasteiger partial charge >= 0.3 is 5.97 Å². The van der Waals surface area contributed by atoms with Gasteiger partial charge in [0.2, 0.25) is 5.91 Å². The van der Waals surface area contributed by atoms with Crippen LogP contribution >= 0.6 is 11.6 Å². The molecule has 2 N–H and O–H groups in total. The van der Waals surface area contributed by atoms with Gasteiger partial charge in [-0.15, -0.1) is 0 Å². The highest BCUT2D eigenvalue weighted by atomic mass is 35.5. The molecule has 1 amide bonds. The summed E-state index contributed by atoms with van der Waals surface area (Å²) in [6.45, 7) is 7.33. The highest BCUT2D eigenvalue weighted by Gasteiger charge is 2.64. The van der Waals surface area contributed by atoms with Crippen molar-refractivity contribution in [2.24, 2.45) is 16.2 Å². The molecule has 0 aliphatic heterocycles. The molecule has 1 fully saturated rings. The average molecular weight is 324 g/mol. The summed E-state index contributed by atoms with van der Waals surface area (Å²) in [5, 5.41) is 13.1. The maximum atomic E-state index is 12.8. The molecule has 1 aromatic carbocycles. The lowest BCUT2D eigenvalue weighted by atomic mass is 9.59. The predicted molar refractivity (Wildman–Crippen MR) is 86.9 cm³/mol. The fourth-order valence-electron chi connectivity index (χ4n) is 3.31. The molecule has 5 heteroatoms. The van der Waals surface area contributed by atoms with E-state index in [0.717, 1.165) is 0 Å². The average Bonchev–Trinajstić information content (AvgIpc) is 2.64. The third-order valence-corrected chi connectivity index (χ3v) is 6.21. The van der Waals surface area contributed by atoms with Gasteiger partial charge in [-0.25, -0.2) is 0 Å². The number of amides is 1. The second kappa shape index (κ2) is 5.27. The number of hydrogen-bond donors (Lipinski definition) is 2. The Labute approximate surface area is 135 Å². The molecular weight excluding hydrogens is 302 g/mol. The summed E-state index contributed by atoms with van der Waals surface area (Å²) < 4.78 is 0. The Kier molecular flexibility index (Phi) is 4.03. The summed E-state index contributed by atoms with van der Waals surface area (Å²) in [7, 11) is 0. The van der Waals surface area contributed by atoms with Crippen molar-refractivity contribution in [2.45, 2.75) is 40.5 Å². The van der Waals surface area contributed by atoms with Crippen molar-refractivity contribution >= 4 is 29.2 Å². The molecule has 1 aliphatic rings. The van der Waals surface area contributed by atoms with E-state index in [9.17, 15) is 14.7 Å². The Hall–Kier alpha value is -1.55. The van der Waals surface area contributed by atoms with Crippen LogP contribution in [0.3, 0.4) is 0 Å². The molecule has 0 heterocycles. The van der Waals surface area contributed by atoms with Crippen LogP contribution in [0, 0.1) is 16.2 Å². The van der Waals surface area contributed by atoms with Crippen LogP contribution in [0.4, 0.5) is 5.69 Å². The summed E-state index contributed by atoms with van der Waals surface area (Å²) in [5.74, 6) is -0.995. The first-order valence-corrected chi connectivity index (χ1v) is 7.73. The van der Waals surface area contributed by atoms with Gasteiger partial charge in [0.25, 0.3) is 0 Å². The summed E-state index contributed by atoms with van der Waals surface area (Å²) >= 11 is 5.84. The highest BCUT2D eigenvalue weighted by molar-refractivity contribution is 6.30. The van der Waals surface area contributed by atoms with Crippen molar-refractivity contribution in [1.29, 1.82) is 0 Å². The van der Waals surface area contributed by atoms with Crippen LogP contribution in [0.25, 0.3) is 0 Å². The molecule has 2 unspecified atom stereocenters. The van der Waals surface area contributed by atoms with E-state index in [1.165, 1.54) is 0 Å². The van der Waals surface area contributed by atoms with Crippen molar-refractivity contribution in [3.05, 3.63) is 29.3 Å². The molecule has 2 rings (SSSR count). The van der Waals surface area contributed by atoms with Crippen LogP contribution in [0.1, 0.15) is 40.5 Å². The fourth-order valence-corrected chi connectivity index (χ4v) is 3.43. The van der Waals surface area contributed by atoms with E-state index < -0.39 is 22.2 Å². The van der Waals surface area contributed by atoms with E-state index in [0.29, 0.717) is 23.6 Å². The molecule has 0 spiro atoms. The van der Waals surface area contributed by atoms with Crippen LogP contribution < -0.4 is 5.32 Å². The zero-order valence-electron chi connectivity index (χ0n) is 13.4. The molecule has 2 atom stereocenters. The molecular formula is C17H22ClNO3. The number of carbonyl (C=O) groups excluding carboxylic acids is 1. The van der Waals surface area contributed by atoms with Gasteiger partial charge in [0.1, 0.15) is 0 Å². The normalized spacial score (nSPS) is 30.0. The molecule has 0 saturated heterocycles. The summed E-state index contributed by atoms with van der Waals surface area (Å²) in [6, 6.07) is 6.89. The van der Waals surface area contributed by atoms with E-state index in [1.807, 2.05) is 20.8 Å². The van der Waals surface area contributed by atoms with Crippen LogP contribution in [0.15, 0.2) is 24.3 Å². The van der Waals surface area contributed by atoms with E-state index in [2.05, 4.69) is 5.32 Å². The van der Waals surface area contributed by atoms with Crippen molar-refractivity contribution in [2.75, 3.05) is 5.32 Å². The van der Waals surface area contributed by atoms with Crippen LogP contribution in [-0.2, 0) is 9.59 Å². The SMILES string of the molecule is CC1(C(=O)O)CCC(C)(C(=O)Nc2ccc(Cl)cc2)C1(C)C. The number of carboxylic acids is 1. The van der Waals surface area contributed by atoms with E-state index in [-0.39, 0.29) is 5.91 Å². The topological polar surface area (TPSA) is 66.4 Å². The Morgan fingerprint density at radius 1 is 1.05 bits per heavy atom. The second-order valence-electron chi connectivity index (χ2n) is 7.06. The minimum absolute atomic E-state index is 0.148. The smallest absolute Gasteiger partial charge is 0.309 e. The third kappa shape index (κ3) is 2.30. The van der Waals surface area contributed by atoms with Gasteiger partial charge in [-0.05, 0) is 49.4 Å². The van der Waals surface area contributed by atoms with Gasteiger partial charge in [0, 0.05) is 10.7 Å². The van der Waals surface area contributed by atoms with Gasteiger partial charge in [-0.1, -0.05) is 32.4 Å². The molecule has 22 heavy (non-hydrogen) atoms.